The van der Waals surface area contributed by atoms with Gasteiger partial charge < -0.3 is 4.42 Å². The second kappa shape index (κ2) is 12.8. The summed E-state index contributed by atoms with van der Waals surface area (Å²) in [7, 11) is 0. The van der Waals surface area contributed by atoms with Gasteiger partial charge in [0.1, 0.15) is 11.2 Å². The van der Waals surface area contributed by atoms with Crippen molar-refractivity contribution in [1.82, 2.24) is 15.0 Å². The SMILES string of the molecule is c1ccc(-c2nc(-c3ccccc3)nc(-c3cccc4c3oc3c(-c5cccc6sc7ccccc7c56)cc(-c5cccc6sc7ccccc7c56)cc34)n2)cc1. The number of rotatable bonds is 5. The first-order valence-corrected chi connectivity index (χ1v) is 20.6. The molecule has 4 nitrogen and oxygen atoms in total. The van der Waals surface area contributed by atoms with Crippen LogP contribution >= 0.6 is 22.7 Å². The fraction of sp³-hybridized carbons (Fsp3) is 0. The highest BCUT2D eigenvalue weighted by molar-refractivity contribution is 7.26. The highest BCUT2D eigenvalue weighted by Gasteiger charge is 2.23. The summed E-state index contributed by atoms with van der Waals surface area (Å²) in [5.41, 5.74) is 8.81. The summed E-state index contributed by atoms with van der Waals surface area (Å²) >= 11 is 3.68. The summed E-state index contributed by atoms with van der Waals surface area (Å²) in [6.07, 6.45) is 0. The highest BCUT2D eigenvalue weighted by Crippen LogP contribution is 2.48. The smallest absolute Gasteiger partial charge is 0.167 e. The average molecular weight is 764 g/mol. The number of hydrogen-bond donors (Lipinski definition) is 0. The lowest BCUT2D eigenvalue weighted by atomic mass is 9.92. The minimum atomic E-state index is 0.564. The van der Waals surface area contributed by atoms with Crippen LogP contribution in [0.2, 0.25) is 0 Å². The lowest BCUT2D eigenvalue weighted by Gasteiger charge is -2.11. The Morgan fingerprint density at radius 3 is 1.44 bits per heavy atom. The van der Waals surface area contributed by atoms with Crippen molar-refractivity contribution < 1.29 is 4.42 Å². The number of thiophene rings is 2. The van der Waals surface area contributed by atoms with E-state index in [1.165, 1.54) is 45.9 Å². The van der Waals surface area contributed by atoms with Crippen LogP contribution in [-0.4, -0.2) is 15.0 Å². The summed E-state index contributed by atoms with van der Waals surface area (Å²) in [4.78, 5) is 15.2. The minimum Gasteiger partial charge on any atom is -0.455 e. The maximum Gasteiger partial charge on any atom is 0.167 e. The molecule has 0 radical (unpaired) electrons. The Labute approximate surface area is 335 Å². The fourth-order valence-corrected chi connectivity index (χ4v) is 10.6. The Kier molecular flexibility index (Phi) is 7.24. The standard InChI is InChI=1S/C51H29N3OS2/c1-3-14-30(15-4-1)49-52-50(31-16-5-2-6-17-31)54-51(53-49)38-23-11-22-35-40-29-32(33-20-12-26-43-45(33)36-18-7-9-24-41(36)56-43)28-39(48(40)55-47(35)38)34-21-13-27-44-46(34)37-19-8-10-25-42(37)57-44/h1-29H. The summed E-state index contributed by atoms with van der Waals surface area (Å²) < 4.78 is 12.3. The van der Waals surface area contributed by atoms with Gasteiger partial charge in [-0.05, 0) is 59.2 Å². The van der Waals surface area contributed by atoms with Gasteiger partial charge in [0.25, 0.3) is 0 Å². The average Bonchev–Trinajstić information content (AvgIpc) is 3.98. The lowest BCUT2D eigenvalue weighted by molar-refractivity contribution is 0.670. The molecule has 0 aliphatic heterocycles. The Balaban J connectivity index is 1.17. The maximum atomic E-state index is 7.19. The molecule has 266 valence electrons. The molecule has 4 heterocycles. The molecule has 12 rings (SSSR count). The van der Waals surface area contributed by atoms with Crippen LogP contribution in [0.1, 0.15) is 0 Å². The van der Waals surface area contributed by atoms with Crippen LogP contribution in [0.15, 0.2) is 180 Å². The van der Waals surface area contributed by atoms with E-state index in [1.54, 1.807) is 0 Å². The molecular weight excluding hydrogens is 735 g/mol. The Bertz CT molecular complexity index is 3470. The molecule has 0 unspecified atom stereocenters. The van der Waals surface area contributed by atoms with Gasteiger partial charge >= 0.3 is 0 Å². The predicted octanol–water partition coefficient (Wildman–Crippen LogP) is 14.8. The van der Waals surface area contributed by atoms with Crippen molar-refractivity contribution in [2.24, 2.45) is 0 Å². The first-order chi connectivity index (χ1) is 28.2. The molecule has 4 aromatic heterocycles. The molecule has 12 aromatic rings. The molecule has 57 heavy (non-hydrogen) atoms. The van der Waals surface area contributed by atoms with Gasteiger partial charge in [-0.3, -0.25) is 0 Å². The monoisotopic (exact) mass is 763 g/mol. The van der Waals surface area contributed by atoms with Crippen LogP contribution in [0.25, 0.3) is 119 Å². The lowest BCUT2D eigenvalue weighted by Crippen LogP contribution is -2.00. The number of fused-ring (bicyclic) bond motifs is 9. The van der Waals surface area contributed by atoms with Crippen molar-refractivity contribution in [3.63, 3.8) is 0 Å². The van der Waals surface area contributed by atoms with E-state index >= 15 is 0 Å². The quantitative estimate of drug-likeness (QED) is 0.175. The van der Waals surface area contributed by atoms with E-state index in [0.717, 1.165) is 55.3 Å². The van der Waals surface area contributed by atoms with Crippen molar-refractivity contribution in [3.05, 3.63) is 176 Å². The van der Waals surface area contributed by atoms with Crippen LogP contribution < -0.4 is 0 Å². The van der Waals surface area contributed by atoms with Gasteiger partial charge in [-0.1, -0.05) is 133 Å². The molecule has 0 spiro atoms. The molecule has 0 aliphatic rings. The van der Waals surface area contributed by atoms with Crippen LogP contribution in [0.5, 0.6) is 0 Å². The summed E-state index contributed by atoms with van der Waals surface area (Å²) in [5.74, 6) is 1.79. The van der Waals surface area contributed by atoms with Gasteiger partial charge in [-0.15, -0.1) is 22.7 Å². The third kappa shape index (κ3) is 5.15. The van der Waals surface area contributed by atoms with Crippen molar-refractivity contribution in [3.8, 4) is 56.4 Å². The van der Waals surface area contributed by atoms with Gasteiger partial charge in [-0.25, -0.2) is 15.0 Å². The van der Waals surface area contributed by atoms with Crippen LogP contribution in [0, 0.1) is 0 Å². The molecule has 0 N–H and O–H groups in total. The Hall–Kier alpha value is -6.99. The molecule has 0 atom stereocenters. The number of aromatic nitrogens is 3. The minimum absolute atomic E-state index is 0.564. The van der Waals surface area contributed by atoms with E-state index in [1.807, 2.05) is 83.3 Å². The van der Waals surface area contributed by atoms with E-state index < -0.39 is 0 Å². The van der Waals surface area contributed by atoms with Gasteiger partial charge in [0.05, 0.1) is 5.56 Å². The predicted molar refractivity (Wildman–Crippen MR) is 240 cm³/mol. The molecular formula is C51H29N3OS2. The van der Waals surface area contributed by atoms with Crippen molar-refractivity contribution in [2.75, 3.05) is 0 Å². The van der Waals surface area contributed by atoms with Gasteiger partial charge in [-0.2, -0.15) is 0 Å². The molecule has 0 amide bonds. The first-order valence-electron chi connectivity index (χ1n) is 18.9. The largest absolute Gasteiger partial charge is 0.455 e. The van der Waals surface area contributed by atoms with E-state index in [0.29, 0.717) is 17.5 Å². The third-order valence-corrected chi connectivity index (χ3v) is 13.2. The second-order valence-electron chi connectivity index (χ2n) is 14.3. The topological polar surface area (TPSA) is 51.8 Å². The van der Waals surface area contributed by atoms with Crippen molar-refractivity contribution >= 4 is 85.0 Å². The number of nitrogens with zero attached hydrogens (tertiary/aromatic N) is 3. The van der Waals surface area contributed by atoms with Crippen molar-refractivity contribution in [2.45, 2.75) is 0 Å². The summed E-state index contributed by atoms with van der Waals surface area (Å²) in [5, 5.41) is 7.11. The zero-order chi connectivity index (χ0) is 37.5. The highest BCUT2D eigenvalue weighted by atomic mass is 32.1. The zero-order valence-corrected chi connectivity index (χ0v) is 31.9. The van der Waals surface area contributed by atoms with Gasteiger partial charge in [0.2, 0.25) is 0 Å². The maximum absolute atomic E-state index is 7.19. The van der Waals surface area contributed by atoms with E-state index in [-0.39, 0.29) is 0 Å². The number of para-hydroxylation sites is 1. The molecule has 0 fully saturated rings. The molecule has 0 aliphatic carbocycles. The Morgan fingerprint density at radius 2 is 0.789 bits per heavy atom. The van der Waals surface area contributed by atoms with Crippen LogP contribution in [-0.2, 0) is 0 Å². The first kappa shape index (κ1) is 32.3. The molecule has 6 heteroatoms. The van der Waals surface area contributed by atoms with E-state index in [4.69, 9.17) is 19.4 Å². The normalized spacial score (nSPS) is 11.9. The number of hydrogen-bond acceptors (Lipinski definition) is 6. The number of benzene rings is 8. The van der Waals surface area contributed by atoms with Crippen LogP contribution in [0.4, 0.5) is 0 Å². The molecule has 0 saturated carbocycles. The van der Waals surface area contributed by atoms with Crippen LogP contribution in [0.3, 0.4) is 0 Å². The zero-order valence-electron chi connectivity index (χ0n) is 30.3. The van der Waals surface area contributed by atoms with Gasteiger partial charge in [0, 0.05) is 67.8 Å². The van der Waals surface area contributed by atoms with E-state index in [9.17, 15) is 0 Å². The Morgan fingerprint density at radius 1 is 0.316 bits per heavy atom. The second-order valence-corrected chi connectivity index (χ2v) is 16.4. The van der Waals surface area contributed by atoms with Gasteiger partial charge in [0.15, 0.2) is 17.5 Å². The third-order valence-electron chi connectivity index (χ3n) is 10.9. The van der Waals surface area contributed by atoms with Crippen molar-refractivity contribution in [1.29, 1.82) is 0 Å². The summed E-state index contributed by atoms with van der Waals surface area (Å²) in [6.45, 7) is 0. The molecule has 0 saturated heterocycles. The summed E-state index contributed by atoms with van der Waals surface area (Å²) in [6, 6.07) is 62.0. The fourth-order valence-electron chi connectivity index (χ4n) is 8.37. The molecule has 0 bridgehead atoms. The molecule has 8 aromatic carbocycles. The van der Waals surface area contributed by atoms with E-state index in [2.05, 4.69) is 115 Å². The number of furan rings is 1.